The lowest BCUT2D eigenvalue weighted by Crippen LogP contribution is -2.37. The van der Waals surface area contributed by atoms with Gasteiger partial charge in [-0.05, 0) is 48.9 Å². The Morgan fingerprint density at radius 3 is 2.46 bits per heavy atom. The standard InChI is InChI=1S/C21H27NO2/c1-15(2)19-11-10-16(3)14-20(19)24-17(4)21(23)22-13-12-18-8-6-5-7-9-18/h5-11,14-15,17H,12-13H2,1-4H3,(H,22,23). The molecule has 1 atom stereocenters. The molecule has 0 saturated carbocycles. The van der Waals surface area contributed by atoms with Gasteiger partial charge in [-0.25, -0.2) is 0 Å². The molecule has 0 aliphatic carbocycles. The average Bonchev–Trinajstić information content (AvgIpc) is 2.55. The number of carbonyl (C=O) groups is 1. The van der Waals surface area contributed by atoms with Gasteiger partial charge in [-0.3, -0.25) is 4.79 Å². The van der Waals surface area contributed by atoms with Gasteiger partial charge in [0.05, 0.1) is 0 Å². The lowest BCUT2D eigenvalue weighted by molar-refractivity contribution is -0.127. The highest BCUT2D eigenvalue weighted by molar-refractivity contribution is 5.80. The average molecular weight is 325 g/mol. The molecule has 0 saturated heterocycles. The number of nitrogens with one attached hydrogen (secondary N) is 1. The van der Waals surface area contributed by atoms with Gasteiger partial charge in [0.25, 0.3) is 5.91 Å². The van der Waals surface area contributed by atoms with E-state index in [1.165, 1.54) is 5.56 Å². The fourth-order valence-corrected chi connectivity index (χ4v) is 2.58. The Morgan fingerprint density at radius 2 is 1.79 bits per heavy atom. The van der Waals surface area contributed by atoms with Crippen molar-refractivity contribution in [2.75, 3.05) is 6.54 Å². The summed E-state index contributed by atoms with van der Waals surface area (Å²) in [4.78, 5) is 12.3. The topological polar surface area (TPSA) is 38.3 Å². The summed E-state index contributed by atoms with van der Waals surface area (Å²) in [7, 11) is 0. The fourth-order valence-electron chi connectivity index (χ4n) is 2.58. The quantitative estimate of drug-likeness (QED) is 0.826. The van der Waals surface area contributed by atoms with E-state index in [2.05, 4.69) is 43.4 Å². The van der Waals surface area contributed by atoms with Crippen molar-refractivity contribution in [3.8, 4) is 5.75 Å². The molecule has 3 heteroatoms. The monoisotopic (exact) mass is 325 g/mol. The number of hydrogen-bond acceptors (Lipinski definition) is 2. The molecule has 1 unspecified atom stereocenters. The molecule has 0 aliphatic rings. The first-order valence-corrected chi connectivity index (χ1v) is 8.56. The minimum Gasteiger partial charge on any atom is -0.481 e. The molecular formula is C21H27NO2. The zero-order chi connectivity index (χ0) is 17.5. The van der Waals surface area contributed by atoms with Crippen molar-refractivity contribution in [2.24, 2.45) is 0 Å². The number of aryl methyl sites for hydroxylation is 1. The Kier molecular flexibility index (Phi) is 6.42. The van der Waals surface area contributed by atoms with E-state index in [1.54, 1.807) is 6.92 Å². The molecule has 0 radical (unpaired) electrons. The predicted molar refractivity (Wildman–Crippen MR) is 98.5 cm³/mol. The summed E-state index contributed by atoms with van der Waals surface area (Å²) in [6, 6.07) is 16.3. The molecule has 0 bridgehead atoms. The first kappa shape index (κ1) is 18.1. The van der Waals surface area contributed by atoms with Crippen molar-refractivity contribution in [2.45, 2.75) is 46.1 Å². The molecule has 2 rings (SSSR count). The number of amides is 1. The molecule has 128 valence electrons. The smallest absolute Gasteiger partial charge is 0.260 e. The molecule has 0 aromatic heterocycles. The lowest BCUT2D eigenvalue weighted by Gasteiger charge is -2.19. The molecule has 0 aliphatic heterocycles. The molecule has 3 nitrogen and oxygen atoms in total. The maximum absolute atomic E-state index is 12.3. The summed E-state index contributed by atoms with van der Waals surface area (Å²) in [5, 5.41) is 2.95. The second-order valence-corrected chi connectivity index (χ2v) is 6.48. The number of carbonyl (C=O) groups excluding carboxylic acids is 1. The van der Waals surface area contributed by atoms with Crippen LogP contribution in [-0.4, -0.2) is 18.6 Å². The van der Waals surface area contributed by atoms with Crippen LogP contribution in [0.4, 0.5) is 0 Å². The number of benzene rings is 2. The van der Waals surface area contributed by atoms with E-state index in [0.29, 0.717) is 12.5 Å². The van der Waals surface area contributed by atoms with Gasteiger partial charge in [0.2, 0.25) is 0 Å². The molecule has 0 heterocycles. The van der Waals surface area contributed by atoms with Crippen molar-refractivity contribution in [3.63, 3.8) is 0 Å². The van der Waals surface area contributed by atoms with Crippen LogP contribution in [0.15, 0.2) is 48.5 Å². The van der Waals surface area contributed by atoms with Gasteiger partial charge < -0.3 is 10.1 Å². The summed E-state index contributed by atoms with van der Waals surface area (Å²) in [6.45, 7) is 8.69. The van der Waals surface area contributed by atoms with Crippen LogP contribution in [0.25, 0.3) is 0 Å². The van der Waals surface area contributed by atoms with E-state index >= 15 is 0 Å². The second-order valence-electron chi connectivity index (χ2n) is 6.48. The summed E-state index contributed by atoms with van der Waals surface area (Å²) in [5.41, 5.74) is 3.47. The zero-order valence-corrected chi connectivity index (χ0v) is 15.0. The highest BCUT2D eigenvalue weighted by Crippen LogP contribution is 2.28. The maximum atomic E-state index is 12.3. The third-order valence-corrected chi connectivity index (χ3v) is 4.02. The highest BCUT2D eigenvalue weighted by atomic mass is 16.5. The first-order valence-electron chi connectivity index (χ1n) is 8.56. The van der Waals surface area contributed by atoms with Gasteiger partial charge >= 0.3 is 0 Å². The van der Waals surface area contributed by atoms with Gasteiger partial charge in [-0.1, -0.05) is 56.3 Å². The van der Waals surface area contributed by atoms with Crippen LogP contribution in [-0.2, 0) is 11.2 Å². The van der Waals surface area contributed by atoms with Gasteiger partial charge in [0.1, 0.15) is 5.75 Å². The molecule has 24 heavy (non-hydrogen) atoms. The molecule has 0 spiro atoms. The molecule has 1 amide bonds. The molecule has 2 aromatic rings. The largest absolute Gasteiger partial charge is 0.481 e. The Morgan fingerprint density at radius 1 is 1.08 bits per heavy atom. The van der Waals surface area contributed by atoms with E-state index < -0.39 is 6.10 Å². The van der Waals surface area contributed by atoms with Crippen LogP contribution in [0.1, 0.15) is 43.4 Å². The highest BCUT2D eigenvalue weighted by Gasteiger charge is 2.17. The van der Waals surface area contributed by atoms with E-state index in [1.807, 2.05) is 31.2 Å². The van der Waals surface area contributed by atoms with Crippen LogP contribution in [0, 0.1) is 6.92 Å². The van der Waals surface area contributed by atoms with Crippen LogP contribution >= 0.6 is 0 Å². The summed E-state index contributed by atoms with van der Waals surface area (Å²) in [6.07, 6.45) is 0.307. The van der Waals surface area contributed by atoms with Crippen LogP contribution < -0.4 is 10.1 Å². The van der Waals surface area contributed by atoms with E-state index in [-0.39, 0.29) is 5.91 Å². The van der Waals surface area contributed by atoms with E-state index in [0.717, 1.165) is 23.3 Å². The van der Waals surface area contributed by atoms with Crippen LogP contribution in [0.5, 0.6) is 5.75 Å². The van der Waals surface area contributed by atoms with Gasteiger partial charge in [0, 0.05) is 6.54 Å². The minimum atomic E-state index is -0.514. The normalized spacial score (nSPS) is 12.0. The van der Waals surface area contributed by atoms with Crippen molar-refractivity contribution >= 4 is 5.91 Å². The van der Waals surface area contributed by atoms with Crippen molar-refractivity contribution < 1.29 is 9.53 Å². The van der Waals surface area contributed by atoms with Gasteiger partial charge in [-0.2, -0.15) is 0 Å². The van der Waals surface area contributed by atoms with Crippen molar-refractivity contribution in [3.05, 3.63) is 65.2 Å². The number of rotatable bonds is 7. The van der Waals surface area contributed by atoms with Gasteiger partial charge in [-0.15, -0.1) is 0 Å². The van der Waals surface area contributed by atoms with E-state index in [4.69, 9.17) is 4.74 Å². The number of hydrogen-bond donors (Lipinski definition) is 1. The van der Waals surface area contributed by atoms with Crippen LogP contribution in [0.3, 0.4) is 0 Å². The van der Waals surface area contributed by atoms with Crippen molar-refractivity contribution in [1.82, 2.24) is 5.32 Å². The first-order chi connectivity index (χ1) is 11.5. The fraction of sp³-hybridized carbons (Fsp3) is 0.381. The van der Waals surface area contributed by atoms with Crippen LogP contribution in [0.2, 0.25) is 0 Å². The van der Waals surface area contributed by atoms with E-state index in [9.17, 15) is 4.79 Å². The Hall–Kier alpha value is -2.29. The molecule has 2 aromatic carbocycles. The third kappa shape index (κ3) is 5.12. The Balaban J connectivity index is 1.91. The van der Waals surface area contributed by atoms with Crippen molar-refractivity contribution in [1.29, 1.82) is 0 Å². The summed E-state index contributed by atoms with van der Waals surface area (Å²) < 4.78 is 5.94. The SMILES string of the molecule is Cc1ccc(C(C)C)c(OC(C)C(=O)NCCc2ccccc2)c1. The zero-order valence-electron chi connectivity index (χ0n) is 15.0. The van der Waals surface area contributed by atoms with Gasteiger partial charge in [0.15, 0.2) is 6.10 Å². The maximum Gasteiger partial charge on any atom is 0.260 e. The number of ether oxygens (including phenoxy) is 1. The predicted octanol–water partition coefficient (Wildman–Crippen LogP) is 4.24. The summed E-state index contributed by atoms with van der Waals surface area (Å²) >= 11 is 0. The minimum absolute atomic E-state index is 0.0813. The Bertz CT molecular complexity index is 665. The summed E-state index contributed by atoms with van der Waals surface area (Å²) in [5.74, 6) is 1.08. The third-order valence-electron chi connectivity index (χ3n) is 4.02. The Labute approximate surface area is 145 Å². The second kappa shape index (κ2) is 8.53. The molecule has 1 N–H and O–H groups in total. The molecule has 0 fully saturated rings. The lowest BCUT2D eigenvalue weighted by atomic mass is 10.0. The molecular weight excluding hydrogens is 298 g/mol.